The van der Waals surface area contributed by atoms with Gasteiger partial charge in [0.25, 0.3) is 0 Å². The lowest BCUT2D eigenvalue weighted by Crippen LogP contribution is -2.53. The van der Waals surface area contributed by atoms with E-state index in [1.54, 1.807) is 9.80 Å². The number of anilines is 1. The summed E-state index contributed by atoms with van der Waals surface area (Å²) in [4.78, 5) is 28.5. The molecule has 1 aliphatic heterocycles. The van der Waals surface area contributed by atoms with Gasteiger partial charge in [0, 0.05) is 18.8 Å². The van der Waals surface area contributed by atoms with Crippen LogP contribution in [0.3, 0.4) is 0 Å². The summed E-state index contributed by atoms with van der Waals surface area (Å²) < 4.78 is 5.41. The highest BCUT2D eigenvalue weighted by Crippen LogP contribution is 2.22. The molecule has 0 aliphatic carbocycles. The first-order valence-electron chi connectivity index (χ1n) is 8.94. The van der Waals surface area contributed by atoms with Crippen LogP contribution in [0.1, 0.15) is 18.1 Å². The van der Waals surface area contributed by atoms with E-state index in [0.29, 0.717) is 26.1 Å². The summed E-state index contributed by atoms with van der Waals surface area (Å²) in [6, 6.07) is 15.4. The fraction of sp³-hybridized carbons (Fsp3) is 0.333. The zero-order chi connectivity index (χ0) is 18.5. The van der Waals surface area contributed by atoms with Crippen molar-refractivity contribution in [2.24, 2.45) is 0 Å². The van der Waals surface area contributed by atoms with E-state index in [9.17, 15) is 9.59 Å². The summed E-state index contributed by atoms with van der Waals surface area (Å²) in [7, 11) is 0. The van der Waals surface area contributed by atoms with Crippen LogP contribution in [-0.2, 0) is 16.0 Å². The molecule has 0 spiro atoms. The molecule has 5 heteroatoms. The molecule has 2 amide bonds. The van der Waals surface area contributed by atoms with Crippen LogP contribution in [0.5, 0.6) is 5.75 Å². The highest BCUT2D eigenvalue weighted by molar-refractivity contribution is 5.98. The summed E-state index contributed by atoms with van der Waals surface area (Å²) in [6.45, 7) is 5.75. The number of aryl methyl sites for hydroxylation is 1. The molecule has 0 bridgehead atoms. The van der Waals surface area contributed by atoms with Gasteiger partial charge in [0.2, 0.25) is 11.8 Å². The van der Waals surface area contributed by atoms with Crippen LogP contribution in [0.15, 0.2) is 48.5 Å². The molecule has 3 rings (SSSR count). The third kappa shape index (κ3) is 4.04. The molecule has 26 heavy (non-hydrogen) atoms. The zero-order valence-electron chi connectivity index (χ0n) is 15.3. The lowest BCUT2D eigenvalue weighted by molar-refractivity contribution is -0.136. The Balaban J connectivity index is 1.60. The number of carbonyl (C=O) groups excluding carboxylic acids is 2. The highest BCUT2D eigenvalue weighted by Gasteiger charge is 2.28. The first kappa shape index (κ1) is 18.0. The summed E-state index contributed by atoms with van der Waals surface area (Å²) >= 11 is 0. The standard InChI is InChI=1S/C21H24N2O3/c1-3-26-18-10-8-17(9-11-18)14-20(24)22-12-13-23(21(25)15-22)19-7-5-4-6-16(19)2/h4-11H,3,12-15H2,1-2H3. The number of piperazine rings is 1. The molecule has 0 unspecified atom stereocenters. The van der Waals surface area contributed by atoms with Gasteiger partial charge in [0.1, 0.15) is 12.3 Å². The summed E-state index contributed by atoms with van der Waals surface area (Å²) in [5.41, 5.74) is 2.92. The minimum absolute atomic E-state index is 0.0213. The Morgan fingerprint density at radius 2 is 1.81 bits per heavy atom. The third-order valence-corrected chi connectivity index (χ3v) is 4.57. The second kappa shape index (κ2) is 8.04. The number of ether oxygens (including phenoxy) is 1. The van der Waals surface area contributed by atoms with Crippen LogP contribution < -0.4 is 9.64 Å². The first-order chi connectivity index (χ1) is 12.6. The SMILES string of the molecule is CCOc1ccc(CC(=O)N2CCN(c3ccccc3C)C(=O)C2)cc1. The number of nitrogens with zero attached hydrogens (tertiary/aromatic N) is 2. The van der Waals surface area contributed by atoms with Gasteiger partial charge in [-0.05, 0) is 43.2 Å². The van der Waals surface area contributed by atoms with Crippen molar-refractivity contribution < 1.29 is 14.3 Å². The Hall–Kier alpha value is -2.82. The van der Waals surface area contributed by atoms with Gasteiger partial charge in [-0.2, -0.15) is 0 Å². The minimum atomic E-state index is -0.0365. The van der Waals surface area contributed by atoms with Crippen molar-refractivity contribution in [1.29, 1.82) is 0 Å². The zero-order valence-corrected chi connectivity index (χ0v) is 15.3. The average Bonchev–Trinajstić information content (AvgIpc) is 2.64. The maximum Gasteiger partial charge on any atom is 0.246 e. The molecule has 0 radical (unpaired) electrons. The van der Waals surface area contributed by atoms with E-state index in [0.717, 1.165) is 22.6 Å². The highest BCUT2D eigenvalue weighted by atomic mass is 16.5. The number of rotatable bonds is 5. The molecule has 1 fully saturated rings. The number of benzene rings is 2. The molecule has 0 N–H and O–H groups in total. The molecule has 1 aliphatic rings. The van der Waals surface area contributed by atoms with Crippen molar-refractivity contribution in [3.63, 3.8) is 0 Å². The predicted molar refractivity (Wildman–Crippen MR) is 101 cm³/mol. The maximum atomic E-state index is 12.6. The molecule has 136 valence electrons. The van der Waals surface area contributed by atoms with Gasteiger partial charge in [0.15, 0.2) is 0 Å². The molecule has 0 aromatic heterocycles. The van der Waals surface area contributed by atoms with Crippen LogP contribution in [-0.4, -0.2) is 43.0 Å². The first-order valence-corrected chi connectivity index (χ1v) is 8.94. The van der Waals surface area contributed by atoms with Gasteiger partial charge in [0.05, 0.1) is 13.0 Å². The third-order valence-electron chi connectivity index (χ3n) is 4.57. The number of carbonyl (C=O) groups is 2. The van der Waals surface area contributed by atoms with E-state index in [2.05, 4.69) is 0 Å². The maximum absolute atomic E-state index is 12.6. The number of amides is 2. The van der Waals surface area contributed by atoms with Crippen LogP contribution in [0, 0.1) is 6.92 Å². The predicted octanol–water partition coefficient (Wildman–Crippen LogP) is 2.81. The Morgan fingerprint density at radius 3 is 2.46 bits per heavy atom. The van der Waals surface area contributed by atoms with Crippen molar-refractivity contribution in [2.75, 3.05) is 31.1 Å². The Labute approximate surface area is 154 Å². The second-order valence-corrected chi connectivity index (χ2v) is 6.40. The molecule has 1 saturated heterocycles. The molecule has 0 saturated carbocycles. The van der Waals surface area contributed by atoms with Crippen molar-refractivity contribution in [3.05, 3.63) is 59.7 Å². The van der Waals surface area contributed by atoms with Gasteiger partial charge >= 0.3 is 0 Å². The van der Waals surface area contributed by atoms with E-state index in [1.165, 1.54) is 0 Å². The van der Waals surface area contributed by atoms with E-state index < -0.39 is 0 Å². The van der Waals surface area contributed by atoms with Crippen molar-refractivity contribution >= 4 is 17.5 Å². The van der Waals surface area contributed by atoms with Gasteiger partial charge in [-0.3, -0.25) is 9.59 Å². The second-order valence-electron chi connectivity index (χ2n) is 6.40. The molecular formula is C21H24N2O3. The van der Waals surface area contributed by atoms with E-state index >= 15 is 0 Å². The van der Waals surface area contributed by atoms with Crippen molar-refractivity contribution in [1.82, 2.24) is 4.90 Å². The van der Waals surface area contributed by atoms with Gasteiger partial charge in [-0.25, -0.2) is 0 Å². The summed E-state index contributed by atoms with van der Waals surface area (Å²) in [5, 5.41) is 0. The Morgan fingerprint density at radius 1 is 1.08 bits per heavy atom. The van der Waals surface area contributed by atoms with Crippen LogP contribution in [0.25, 0.3) is 0 Å². The van der Waals surface area contributed by atoms with Crippen LogP contribution in [0.4, 0.5) is 5.69 Å². The average molecular weight is 352 g/mol. The quantitative estimate of drug-likeness (QED) is 0.831. The Kier molecular flexibility index (Phi) is 5.56. The normalized spacial score (nSPS) is 14.5. The number of para-hydroxylation sites is 1. The van der Waals surface area contributed by atoms with Gasteiger partial charge < -0.3 is 14.5 Å². The monoisotopic (exact) mass is 352 g/mol. The largest absolute Gasteiger partial charge is 0.494 e. The number of hydrogen-bond donors (Lipinski definition) is 0. The van der Waals surface area contributed by atoms with Crippen LogP contribution >= 0.6 is 0 Å². The molecule has 2 aromatic rings. The van der Waals surface area contributed by atoms with E-state index in [1.807, 2.05) is 62.4 Å². The van der Waals surface area contributed by atoms with E-state index in [4.69, 9.17) is 4.74 Å². The summed E-state index contributed by atoms with van der Waals surface area (Å²) in [6.07, 6.45) is 0.296. The molecule has 0 atom stereocenters. The van der Waals surface area contributed by atoms with Crippen LogP contribution in [0.2, 0.25) is 0 Å². The topological polar surface area (TPSA) is 49.9 Å². The smallest absolute Gasteiger partial charge is 0.246 e. The molecule has 2 aromatic carbocycles. The van der Waals surface area contributed by atoms with E-state index in [-0.39, 0.29) is 18.4 Å². The lowest BCUT2D eigenvalue weighted by atomic mass is 10.1. The fourth-order valence-electron chi connectivity index (χ4n) is 3.16. The molecular weight excluding hydrogens is 328 g/mol. The van der Waals surface area contributed by atoms with Gasteiger partial charge in [-0.15, -0.1) is 0 Å². The summed E-state index contributed by atoms with van der Waals surface area (Å²) in [5.74, 6) is 0.739. The Bertz CT molecular complexity index is 786. The lowest BCUT2D eigenvalue weighted by Gasteiger charge is -2.35. The fourth-order valence-corrected chi connectivity index (χ4v) is 3.16. The van der Waals surface area contributed by atoms with Gasteiger partial charge in [-0.1, -0.05) is 30.3 Å². The number of hydrogen-bond acceptors (Lipinski definition) is 3. The van der Waals surface area contributed by atoms with Crippen molar-refractivity contribution in [2.45, 2.75) is 20.3 Å². The van der Waals surface area contributed by atoms with Crippen molar-refractivity contribution in [3.8, 4) is 5.75 Å². The molecule has 5 nitrogen and oxygen atoms in total. The minimum Gasteiger partial charge on any atom is -0.494 e. The molecule has 1 heterocycles.